The molecule has 25 heavy (non-hydrogen) atoms. The van der Waals surface area contributed by atoms with Crippen LogP contribution in [0.15, 0.2) is 47.0 Å². The van der Waals surface area contributed by atoms with Crippen molar-refractivity contribution in [1.82, 2.24) is 4.90 Å². The van der Waals surface area contributed by atoms with E-state index in [1.807, 2.05) is 18.4 Å². The van der Waals surface area contributed by atoms with Gasteiger partial charge in [-0.1, -0.05) is 37.6 Å². The van der Waals surface area contributed by atoms with Gasteiger partial charge in [0.25, 0.3) is 0 Å². The van der Waals surface area contributed by atoms with Crippen molar-refractivity contribution in [3.63, 3.8) is 0 Å². The van der Waals surface area contributed by atoms with Crippen molar-refractivity contribution in [2.45, 2.75) is 37.5 Å². The van der Waals surface area contributed by atoms with E-state index in [0.29, 0.717) is 18.0 Å². The minimum atomic E-state index is -3.18. The number of rotatable bonds is 6. The van der Waals surface area contributed by atoms with E-state index in [2.05, 4.69) is 6.92 Å². The van der Waals surface area contributed by atoms with Gasteiger partial charge in [0.2, 0.25) is 0 Å². The molecule has 0 spiro atoms. The van der Waals surface area contributed by atoms with E-state index in [-0.39, 0.29) is 6.09 Å². The van der Waals surface area contributed by atoms with E-state index in [1.165, 1.54) is 6.26 Å². The van der Waals surface area contributed by atoms with E-state index in [1.54, 1.807) is 29.2 Å². The highest BCUT2D eigenvalue weighted by atomic mass is 32.2. The van der Waals surface area contributed by atoms with Crippen molar-refractivity contribution in [1.29, 1.82) is 0 Å². The van der Waals surface area contributed by atoms with Crippen LogP contribution in [0.5, 0.6) is 0 Å². The molecule has 0 fully saturated rings. The number of sulfone groups is 1. The van der Waals surface area contributed by atoms with Gasteiger partial charge in [0, 0.05) is 19.0 Å². The Balaban J connectivity index is 2.00. The molecule has 0 aromatic heterocycles. The standard InChI is InChI=1S/C19H25NO4S/c1-3-4-14-24-19(21)20-13-5-6-17(15-20)8-7-16-9-11-18(12-10-16)25(2,22)23/h7-12,15H,3-6,13-14H2,1-2H3. The molecular weight excluding hydrogens is 338 g/mol. The number of nitrogens with zero attached hydrogens (tertiary/aromatic N) is 1. The SMILES string of the molecule is CCCCOC(=O)N1C=C(C=Cc2ccc(S(C)(=O)=O)cc2)CCC1. The average molecular weight is 363 g/mol. The zero-order valence-corrected chi connectivity index (χ0v) is 15.6. The van der Waals surface area contributed by atoms with Crippen LogP contribution in [0.1, 0.15) is 38.2 Å². The second-order valence-electron chi connectivity index (χ2n) is 6.14. The molecule has 0 saturated heterocycles. The highest BCUT2D eigenvalue weighted by molar-refractivity contribution is 7.90. The predicted octanol–water partition coefficient (Wildman–Crippen LogP) is 4.02. The van der Waals surface area contributed by atoms with Crippen LogP contribution in [0.4, 0.5) is 4.79 Å². The van der Waals surface area contributed by atoms with Crippen molar-refractivity contribution in [3.8, 4) is 0 Å². The quantitative estimate of drug-likeness (QED) is 0.716. The molecule has 0 N–H and O–H groups in total. The maximum Gasteiger partial charge on any atom is 0.413 e. The first kappa shape index (κ1) is 19.2. The van der Waals surface area contributed by atoms with Crippen molar-refractivity contribution in [2.24, 2.45) is 0 Å². The van der Waals surface area contributed by atoms with Crippen molar-refractivity contribution >= 4 is 22.0 Å². The summed E-state index contributed by atoms with van der Waals surface area (Å²) in [6.45, 7) is 3.18. The van der Waals surface area contributed by atoms with E-state index in [4.69, 9.17) is 4.74 Å². The number of benzene rings is 1. The molecular formula is C19H25NO4S. The molecule has 1 amide bonds. The smallest absolute Gasteiger partial charge is 0.413 e. The number of unbranched alkanes of at least 4 members (excludes halogenated alkanes) is 1. The van der Waals surface area contributed by atoms with Gasteiger partial charge < -0.3 is 4.74 Å². The van der Waals surface area contributed by atoms with Crippen LogP contribution >= 0.6 is 0 Å². The molecule has 1 aliphatic rings. The molecule has 0 saturated carbocycles. The van der Waals surface area contributed by atoms with Crippen LogP contribution in [-0.2, 0) is 14.6 Å². The number of hydrogen-bond acceptors (Lipinski definition) is 4. The van der Waals surface area contributed by atoms with Gasteiger partial charge in [-0.15, -0.1) is 0 Å². The lowest BCUT2D eigenvalue weighted by Gasteiger charge is -2.23. The third-order valence-corrected chi connectivity index (χ3v) is 5.07. The molecule has 136 valence electrons. The van der Waals surface area contributed by atoms with Gasteiger partial charge >= 0.3 is 6.09 Å². The van der Waals surface area contributed by atoms with Crippen LogP contribution < -0.4 is 0 Å². The Morgan fingerprint density at radius 1 is 1.24 bits per heavy atom. The number of carbonyl (C=O) groups is 1. The van der Waals surface area contributed by atoms with Crippen LogP contribution in [0.3, 0.4) is 0 Å². The number of carbonyl (C=O) groups excluding carboxylic acids is 1. The van der Waals surface area contributed by atoms with Crippen LogP contribution in [0.2, 0.25) is 0 Å². The molecule has 0 radical (unpaired) electrons. The van der Waals surface area contributed by atoms with Crippen LogP contribution in [0.25, 0.3) is 6.08 Å². The van der Waals surface area contributed by atoms with Crippen molar-refractivity contribution < 1.29 is 17.9 Å². The molecule has 1 aromatic carbocycles. The van der Waals surface area contributed by atoms with E-state index < -0.39 is 9.84 Å². The van der Waals surface area contributed by atoms with Crippen LogP contribution in [-0.4, -0.2) is 38.8 Å². The minimum Gasteiger partial charge on any atom is -0.449 e. The summed E-state index contributed by atoms with van der Waals surface area (Å²) in [7, 11) is -3.18. The summed E-state index contributed by atoms with van der Waals surface area (Å²) in [6.07, 6.45) is 10.3. The fraction of sp³-hybridized carbons (Fsp3) is 0.421. The summed E-state index contributed by atoms with van der Waals surface area (Å²) in [5.41, 5.74) is 1.96. The van der Waals surface area contributed by atoms with Gasteiger partial charge in [-0.25, -0.2) is 13.2 Å². The first-order valence-electron chi connectivity index (χ1n) is 8.52. The molecule has 0 aliphatic carbocycles. The fourth-order valence-corrected chi connectivity index (χ4v) is 3.10. The second-order valence-corrected chi connectivity index (χ2v) is 8.16. The first-order chi connectivity index (χ1) is 11.9. The summed E-state index contributed by atoms with van der Waals surface area (Å²) < 4.78 is 28.2. The predicted molar refractivity (Wildman–Crippen MR) is 98.9 cm³/mol. The Morgan fingerprint density at radius 3 is 2.60 bits per heavy atom. The monoisotopic (exact) mass is 363 g/mol. The average Bonchev–Trinajstić information content (AvgIpc) is 2.60. The molecule has 5 nitrogen and oxygen atoms in total. The molecule has 0 unspecified atom stereocenters. The molecule has 0 bridgehead atoms. The van der Waals surface area contributed by atoms with E-state index in [9.17, 15) is 13.2 Å². The maximum absolute atomic E-state index is 12.0. The highest BCUT2D eigenvalue weighted by Gasteiger charge is 2.16. The minimum absolute atomic E-state index is 0.295. The van der Waals surface area contributed by atoms with Crippen molar-refractivity contribution in [2.75, 3.05) is 19.4 Å². The van der Waals surface area contributed by atoms with Gasteiger partial charge in [-0.2, -0.15) is 0 Å². The van der Waals surface area contributed by atoms with Gasteiger partial charge in [0.05, 0.1) is 11.5 Å². The molecule has 1 heterocycles. The zero-order chi connectivity index (χ0) is 18.3. The number of amides is 1. The Hall–Kier alpha value is -2.08. The molecule has 2 rings (SSSR count). The number of allylic oxidation sites excluding steroid dienone is 2. The molecule has 1 aromatic rings. The van der Waals surface area contributed by atoms with E-state index in [0.717, 1.165) is 36.8 Å². The Labute approximate surface area is 149 Å². The summed E-state index contributed by atoms with van der Waals surface area (Å²) in [6, 6.07) is 6.74. The lowest BCUT2D eigenvalue weighted by atomic mass is 10.1. The van der Waals surface area contributed by atoms with E-state index >= 15 is 0 Å². The van der Waals surface area contributed by atoms with Gasteiger partial charge in [0.1, 0.15) is 0 Å². The Bertz CT molecular complexity index is 748. The largest absolute Gasteiger partial charge is 0.449 e. The maximum atomic E-state index is 12.0. The topological polar surface area (TPSA) is 63.7 Å². The summed E-state index contributed by atoms with van der Waals surface area (Å²) in [4.78, 5) is 13.9. The number of ether oxygens (including phenoxy) is 1. The normalized spacial score (nSPS) is 15.3. The fourth-order valence-electron chi connectivity index (χ4n) is 2.47. The molecule has 1 aliphatic heterocycles. The summed E-state index contributed by atoms with van der Waals surface area (Å²) in [5, 5.41) is 0. The summed E-state index contributed by atoms with van der Waals surface area (Å²) in [5.74, 6) is 0. The highest BCUT2D eigenvalue weighted by Crippen LogP contribution is 2.19. The second kappa shape index (κ2) is 8.85. The Morgan fingerprint density at radius 2 is 1.96 bits per heavy atom. The number of hydrogen-bond donors (Lipinski definition) is 0. The van der Waals surface area contributed by atoms with Gasteiger partial charge in [-0.05, 0) is 42.5 Å². The molecule has 6 heteroatoms. The molecule has 0 atom stereocenters. The van der Waals surface area contributed by atoms with Gasteiger partial charge in [-0.3, -0.25) is 4.90 Å². The van der Waals surface area contributed by atoms with Crippen LogP contribution in [0, 0.1) is 0 Å². The summed E-state index contributed by atoms with van der Waals surface area (Å²) >= 11 is 0. The third kappa shape index (κ3) is 6.05. The lowest BCUT2D eigenvalue weighted by molar-refractivity contribution is 0.113. The third-order valence-electron chi connectivity index (χ3n) is 3.94. The first-order valence-corrected chi connectivity index (χ1v) is 10.4. The van der Waals surface area contributed by atoms with Gasteiger partial charge in [0.15, 0.2) is 9.84 Å². The van der Waals surface area contributed by atoms with Crippen molar-refractivity contribution in [3.05, 3.63) is 47.7 Å². The zero-order valence-electron chi connectivity index (χ0n) is 14.8. The Kier molecular flexibility index (Phi) is 6.82. The lowest BCUT2D eigenvalue weighted by Crippen LogP contribution is -2.30.